The zero-order valence-corrected chi connectivity index (χ0v) is 11.5. The molecule has 0 saturated carbocycles. The van der Waals surface area contributed by atoms with Gasteiger partial charge in [-0.3, -0.25) is 9.13 Å². The zero-order valence-electron chi connectivity index (χ0n) is 11.5. The Bertz CT molecular complexity index is 613. The van der Waals surface area contributed by atoms with E-state index in [1.165, 1.54) is 0 Å². The molecule has 5 heteroatoms. The van der Waals surface area contributed by atoms with Crippen LogP contribution in [0.25, 0.3) is 11.0 Å². The summed E-state index contributed by atoms with van der Waals surface area (Å²) in [4.78, 5) is 11.8. The van der Waals surface area contributed by atoms with Crippen molar-refractivity contribution in [2.75, 3.05) is 13.2 Å². The van der Waals surface area contributed by atoms with Gasteiger partial charge in [-0.1, -0.05) is 6.07 Å². The first-order valence-electron chi connectivity index (χ1n) is 6.61. The summed E-state index contributed by atoms with van der Waals surface area (Å²) in [6, 6.07) is 6.08. The standard InChI is InChI=1S/C14H21N3O2/c1-16-12-6-5-11(10-15-7-3-4-8-18)9-13(12)17(2)14(16)19/h5-6,9,15,18H,3-4,7-8,10H2,1-2H3. The third-order valence-corrected chi connectivity index (χ3v) is 3.43. The van der Waals surface area contributed by atoms with E-state index in [9.17, 15) is 4.79 Å². The van der Waals surface area contributed by atoms with E-state index in [4.69, 9.17) is 5.11 Å². The molecule has 0 amide bonds. The van der Waals surface area contributed by atoms with Crippen LogP contribution in [0.2, 0.25) is 0 Å². The van der Waals surface area contributed by atoms with Crippen molar-refractivity contribution in [3.63, 3.8) is 0 Å². The van der Waals surface area contributed by atoms with Crippen LogP contribution >= 0.6 is 0 Å². The lowest BCUT2D eigenvalue weighted by molar-refractivity contribution is 0.283. The van der Waals surface area contributed by atoms with E-state index in [2.05, 4.69) is 11.4 Å². The van der Waals surface area contributed by atoms with Crippen LogP contribution in [0.15, 0.2) is 23.0 Å². The number of imidazole rings is 1. The fourth-order valence-corrected chi connectivity index (χ4v) is 2.26. The van der Waals surface area contributed by atoms with Gasteiger partial charge < -0.3 is 10.4 Å². The van der Waals surface area contributed by atoms with E-state index in [0.717, 1.165) is 42.5 Å². The van der Waals surface area contributed by atoms with Gasteiger partial charge in [0, 0.05) is 27.2 Å². The second-order valence-electron chi connectivity index (χ2n) is 4.83. The molecule has 0 atom stereocenters. The molecule has 0 aliphatic heterocycles. The molecule has 19 heavy (non-hydrogen) atoms. The topological polar surface area (TPSA) is 59.2 Å². The van der Waals surface area contributed by atoms with Crippen molar-refractivity contribution in [1.82, 2.24) is 14.5 Å². The van der Waals surface area contributed by atoms with Crippen molar-refractivity contribution in [1.29, 1.82) is 0 Å². The predicted molar refractivity (Wildman–Crippen MR) is 76.2 cm³/mol. The van der Waals surface area contributed by atoms with Gasteiger partial charge in [0.1, 0.15) is 0 Å². The van der Waals surface area contributed by atoms with Crippen molar-refractivity contribution < 1.29 is 5.11 Å². The highest BCUT2D eigenvalue weighted by atomic mass is 16.2. The summed E-state index contributed by atoms with van der Waals surface area (Å²) in [5.74, 6) is 0. The van der Waals surface area contributed by atoms with Crippen LogP contribution in [-0.4, -0.2) is 27.4 Å². The molecule has 2 N–H and O–H groups in total. The first-order chi connectivity index (χ1) is 9.15. The number of fused-ring (bicyclic) bond motifs is 1. The van der Waals surface area contributed by atoms with Gasteiger partial charge in [-0.15, -0.1) is 0 Å². The maximum atomic E-state index is 11.8. The number of rotatable bonds is 6. The second-order valence-corrected chi connectivity index (χ2v) is 4.83. The summed E-state index contributed by atoms with van der Waals surface area (Å²) in [5, 5.41) is 12.0. The minimum absolute atomic E-state index is 0.00283. The lowest BCUT2D eigenvalue weighted by Gasteiger charge is -2.05. The Kier molecular flexibility index (Phi) is 4.39. The second kappa shape index (κ2) is 6.04. The van der Waals surface area contributed by atoms with Crippen molar-refractivity contribution in [2.45, 2.75) is 19.4 Å². The highest BCUT2D eigenvalue weighted by Crippen LogP contribution is 2.13. The molecule has 0 radical (unpaired) electrons. The average Bonchev–Trinajstić information content (AvgIpc) is 2.64. The van der Waals surface area contributed by atoms with E-state index < -0.39 is 0 Å². The van der Waals surface area contributed by atoms with Crippen LogP contribution < -0.4 is 11.0 Å². The molecule has 2 rings (SSSR count). The summed E-state index contributed by atoms with van der Waals surface area (Å²) in [5.41, 5.74) is 3.08. The van der Waals surface area contributed by atoms with Crippen molar-refractivity contribution in [2.24, 2.45) is 14.1 Å². The van der Waals surface area contributed by atoms with Gasteiger partial charge in [0.25, 0.3) is 0 Å². The fraction of sp³-hybridized carbons (Fsp3) is 0.500. The van der Waals surface area contributed by atoms with Crippen LogP contribution in [0.3, 0.4) is 0 Å². The van der Waals surface area contributed by atoms with E-state index >= 15 is 0 Å². The summed E-state index contributed by atoms with van der Waals surface area (Å²) < 4.78 is 3.33. The van der Waals surface area contributed by atoms with Crippen LogP contribution in [0.5, 0.6) is 0 Å². The molecule has 0 bridgehead atoms. The molecule has 0 unspecified atom stereocenters. The minimum Gasteiger partial charge on any atom is -0.396 e. The Labute approximate surface area is 112 Å². The Morgan fingerprint density at radius 3 is 2.63 bits per heavy atom. The average molecular weight is 263 g/mol. The van der Waals surface area contributed by atoms with E-state index in [1.54, 1.807) is 23.2 Å². The Morgan fingerprint density at radius 2 is 1.89 bits per heavy atom. The number of hydrogen-bond donors (Lipinski definition) is 2. The minimum atomic E-state index is 0.00283. The summed E-state index contributed by atoms with van der Waals surface area (Å²) in [6.07, 6.45) is 1.81. The highest BCUT2D eigenvalue weighted by molar-refractivity contribution is 5.76. The van der Waals surface area contributed by atoms with Crippen LogP contribution in [-0.2, 0) is 20.6 Å². The van der Waals surface area contributed by atoms with Gasteiger partial charge in [0.2, 0.25) is 0 Å². The molecule has 104 valence electrons. The number of aliphatic hydroxyl groups is 1. The fourth-order valence-electron chi connectivity index (χ4n) is 2.26. The highest BCUT2D eigenvalue weighted by Gasteiger charge is 2.07. The SMILES string of the molecule is Cn1c(=O)n(C)c2cc(CNCCCCO)ccc21. The van der Waals surface area contributed by atoms with Crippen LogP contribution in [0.1, 0.15) is 18.4 Å². The van der Waals surface area contributed by atoms with Gasteiger partial charge in [-0.2, -0.15) is 0 Å². The van der Waals surface area contributed by atoms with Gasteiger partial charge in [0.05, 0.1) is 11.0 Å². The predicted octanol–water partition coefficient (Wildman–Crippen LogP) is 0.739. The molecular formula is C14H21N3O2. The smallest absolute Gasteiger partial charge is 0.328 e. The molecular weight excluding hydrogens is 242 g/mol. The molecule has 0 saturated heterocycles. The van der Waals surface area contributed by atoms with Crippen LogP contribution in [0.4, 0.5) is 0 Å². The normalized spacial score (nSPS) is 11.3. The number of nitrogens with one attached hydrogen (secondary N) is 1. The summed E-state index contributed by atoms with van der Waals surface area (Å²) in [6.45, 7) is 1.93. The van der Waals surface area contributed by atoms with Gasteiger partial charge >= 0.3 is 5.69 Å². The molecule has 0 spiro atoms. The van der Waals surface area contributed by atoms with Gasteiger partial charge in [0.15, 0.2) is 0 Å². The van der Waals surface area contributed by atoms with Crippen molar-refractivity contribution in [3.8, 4) is 0 Å². The first kappa shape index (κ1) is 13.8. The molecule has 1 heterocycles. The van der Waals surface area contributed by atoms with Crippen LogP contribution in [0, 0.1) is 0 Å². The molecule has 1 aromatic heterocycles. The number of aromatic nitrogens is 2. The number of unbranched alkanes of at least 4 members (excludes halogenated alkanes) is 1. The summed E-state index contributed by atoms with van der Waals surface area (Å²) in [7, 11) is 3.58. The van der Waals surface area contributed by atoms with Crippen molar-refractivity contribution in [3.05, 3.63) is 34.2 Å². The first-order valence-corrected chi connectivity index (χ1v) is 6.61. The molecule has 0 aliphatic rings. The number of aliphatic hydroxyl groups excluding tert-OH is 1. The molecule has 2 aromatic rings. The third-order valence-electron chi connectivity index (χ3n) is 3.43. The Balaban J connectivity index is 2.09. The quantitative estimate of drug-likeness (QED) is 0.756. The zero-order chi connectivity index (χ0) is 13.8. The molecule has 5 nitrogen and oxygen atoms in total. The maximum absolute atomic E-state index is 11.8. The lowest BCUT2D eigenvalue weighted by atomic mass is 10.2. The largest absolute Gasteiger partial charge is 0.396 e. The summed E-state index contributed by atoms with van der Waals surface area (Å²) >= 11 is 0. The Hall–Kier alpha value is -1.59. The Morgan fingerprint density at radius 1 is 1.16 bits per heavy atom. The number of hydrogen-bond acceptors (Lipinski definition) is 3. The number of benzene rings is 1. The van der Waals surface area contributed by atoms with E-state index in [1.807, 2.05) is 12.1 Å². The van der Waals surface area contributed by atoms with E-state index in [0.29, 0.717) is 0 Å². The number of nitrogens with zero attached hydrogens (tertiary/aromatic N) is 2. The van der Waals surface area contributed by atoms with Gasteiger partial charge in [-0.25, -0.2) is 4.79 Å². The number of aryl methyl sites for hydroxylation is 2. The van der Waals surface area contributed by atoms with E-state index in [-0.39, 0.29) is 12.3 Å². The van der Waals surface area contributed by atoms with Crippen molar-refractivity contribution >= 4 is 11.0 Å². The molecule has 0 aliphatic carbocycles. The van der Waals surface area contributed by atoms with Gasteiger partial charge in [-0.05, 0) is 37.1 Å². The lowest BCUT2D eigenvalue weighted by Crippen LogP contribution is -2.19. The third kappa shape index (κ3) is 2.88. The maximum Gasteiger partial charge on any atom is 0.328 e. The molecule has 1 aromatic carbocycles. The molecule has 0 fully saturated rings. The monoisotopic (exact) mass is 263 g/mol.